The van der Waals surface area contributed by atoms with Crippen molar-refractivity contribution in [2.75, 3.05) is 5.73 Å². The summed E-state index contributed by atoms with van der Waals surface area (Å²) in [6.45, 7) is 0. The van der Waals surface area contributed by atoms with Crippen molar-refractivity contribution < 1.29 is 5.11 Å². The highest BCUT2D eigenvalue weighted by Gasteiger charge is 2.16. The van der Waals surface area contributed by atoms with Crippen LogP contribution in [0.15, 0.2) is 54.9 Å². The predicted octanol–water partition coefficient (Wildman–Crippen LogP) is 3.55. The molecular formula is C16H13ClN2O. The molecule has 2 aromatic carbocycles. The highest BCUT2D eigenvalue weighted by atomic mass is 35.5. The fourth-order valence-corrected chi connectivity index (χ4v) is 2.50. The van der Waals surface area contributed by atoms with Crippen LogP contribution in [-0.2, 0) is 0 Å². The lowest BCUT2D eigenvalue weighted by atomic mass is 9.97. The average Bonchev–Trinajstić information content (AvgIpc) is 2.46. The molecule has 0 aliphatic carbocycles. The van der Waals surface area contributed by atoms with Crippen LogP contribution in [0.2, 0.25) is 5.02 Å². The standard InChI is InChI=1S/C16H13ClN2O/c17-11-5-6-13(15(18)7-11)16(20)14-9-19-8-10-3-1-2-4-12(10)14/h1-9,16,20H,18H2. The van der Waals surface area contributed by atoms with E-state index in [9.17, 15) is 5.11 Å². The Morgan fingerprint density at radius 2 is 1.85 bits per heavy atom. The Hall–Kier alpha value is -2.10. The fraction of sp³-hybridized carbons (Fsp3) is 0.0625. The molecule has 4 heteroatoms. The summed E-state index contributed by atoms with van der Waals surface area (Å²) in [6.07, 6.45) is 2.61. The summed E-state index contributed by atoms with van der Waals surface area (Å²) < 4.78 is 0. The Labute approximate surface area is 121 Å². The second-order valence-corrected chi connectivity index (χ2v) is 5.06. The van der Waals surface area contributed by atoms with E-state index in [1.807, 2.05) is 24.3 Å². The van der Waals surface area contributed by atoms with Gasteiger partial charge in [0.25, 0.3) is 0 Å². The van der Waals surface area contributed by atoms with E-state index in [-0.39, 0.29) is 0 Å². The van der Waals surface area contributed by atoms with E-state index in [0.29, 0.717) is 16.3 Å². The van der Waals surface area contributed by atoms with Crippen LogP contribution >= 0.6 is 11.6 Å². The summed E-state index contributed by atoms with van der Waals surface area (Å²) in [5.41, 5.74) is 7.77. The first-order valence-corrected chi connectivity index (χ1v) is 6.60. The van der Waals surface area contributed by atoms with Gasteiger partial charge in [0.2, 0.25) is 0 Å². The van der Waals surface area contributed by atoms with Gasteiger partial charge in [-0.05, 0) is 17.5 Å². The molecule has 100 valence electrons. The van der Waals surface area contributed by atoms with Crippen molar-refractivity contribution >= 4 is 28.1 Å². The first-order chi connectivity index (χ1) is 9.66. The van der Waals surface area contributed by atoms with E-state index in [0.717, 1.165) is 16.3 Å². The zero-order valence-corrected chi connectivity index (χ0v) is 11.4. The van der Waals surface area contributed by atoms with Crippen molar-refractivity contribution in [3.63, 3.8) is 0 Å². The number of benzene rings is 2. The van der Waals surface area contributed by atoms with Crippen LogP contribution in [0.3, 0.4) is 0 Å². The van der Waals surface area contributed by atoms with Gasteiger partial charge < -0.3 is 10.8 Å². The SMILES string of the molecule is Nc1cc(Cl)ccc1C(O)c1cncc2ccccc12. The Morgan fingerprint density at radius 1 is 1.05 bits per heavy atom. The van der Waals surface area contributed by atoms with Crippen LogP contribution in [-0.4, -0.2) is 10.1 Å². The Balaban J connectivity index is 2.15. The van der Waals surface area contributed by atoms with Crippen LogP contribution in [0, 0.1) is 0 Å². The molecule has 0 spiro atoms. The molecule has 1 unspecified atom stereocenters. The van der Waals surface area contributed by atoms with Gasteiger partial charge in [0.1, 0.15) is 6.10 Å². The molecule has 3 nitrogen and oxygen atoms in total. The van der Waals surface area contributed by atoms with Crippen molar-refractivity contribution in [1.82, 2.24) is 4.98 Å². The van der Waals surface area contributed by atoms with E-state index in [4.69, 9.17) is 17.3 Å². The van der Waals surface area contributed by atoms with Gasteiger partial charge in [-0.25, -0.2) is 0 Å². The second kappa shape index (κ2) is 5.12. The van der Waals surface area contributed by atoms with Crippen LogP contribution in [0.4, 0.5) is 5.69 Å². The second-order valence-electron chi connectivity index (χ2n) is 4.63. The molecule has 1 aromatic heterocycles. The number of hydrogen-bond acceptors (Lipinski definition) is 3. The zero-order chi connectivity index (χ0) is 14.1. The number of aliphatic hydroxyl groups excluding tert-OH is 1. The third-order valence-electron chi connectivity index (χ3n) is 3.34. The van der Waals surface area contributed by atoms with Gasteiger partial charge in [-0.15, -0.1) is 0 Å². The molecule has 3 aromatic rings. The Morgan fingerprint density at radius 3 is 2.65 bits per heavy atom. The minimum Gasteiger partial charge on any atom is -0.398 e. The molecule has 0 saturated carbocycles. The average molecular weight is 285 g/mol. The molecule has 0 aliphatic heterocycles. The van der Waals surface area contributed by atoms with Crippen molar-refractivity contribution in [2.24, 2.45) is 0 Å². The molecule has 0 fully saturated rings. The maximum absolute atomic E-state index is 10.6. The molecular weight excluding hydrogens is 272 g/mol. The lowest BCUT2D eigenvalue weighted by Gasteiger charge is -2.15. The number of pyridine rings is 1. The van der Waals surface area contributed by atoms with Crippen LogP contribution in [0.25, 0.3) is 10.8 Å². The summed E-state index contributed by atoms with van der Waals surface area (Å²) >= 11 is 5.89. The number of hydrogen-bond donors (Lipinski definition) is 2. The highest BCUT2D eigenvalue weighted by molar-refractivity contribution is 6.30. The third-order valence-corrected chi connectivity index (χ3v) is 3.57. The molecule has 0 aliphatic rings. The van der Waals surface area contributed by atoms with Crippen LogP contribution in [0.1, 0.15) is 17.2 Å². The lowest BCUT2D eigenvalue weighted by molar-refractivity contribution is 0.222. The first kappa shape index (κ1) is 12.9. The lowest BCUT2D eigenvalue weighted by Crippen LogP contribution is -2.05. The number of nitrogens with zero attached hydrogens (tertiary/aromatic N) is 1. The molecule has 3 N–H and O–H groups in total. The van der Waals surface area contributed by atoms with Crippen molar-refractivity contribution in [1.29, 1.82) is 0 Å². The molecule has 20 heavy (non-hydrogen) atoms. The van der Waals surface area contributed by atoms with Gasteiger partial charge in [-0.1, -0.05) is 41.9 Å². The fourth-order valence-electron chi connectivity index (χ4n) is 2.32. The maximum Gasteiger partial charge on any atom is 0.108 e. The molecule has 3 rings (SSSR count). The summed E-state index contributed by atoms with van der Waals surface area (Å²) in [4.78, 5) is 4.18. The first-order valence-electron chi connectivity index (χ1n) is 6.22. The highest BCUT2D eigenvalue weighted by Crippen LogP contribution is 2.32. The molecule has 0 bridgehead atoms. The van der Waals surface area contributed by atoms with Crippen molar-refractivity contribution in [3.8, 4) is 0 Å². The number of nitrogens with two attached hydrogens (primary N) is 1. The van der Waals surface area contributed by atoms with Gasteiger partial charge in [0, 0.05) is 39.6 Å². The topological polar surface area (TPSA) is 59.1 Å². The number of aromatic nitrogens is 1. The minimum atomic E-state index is -0.828. The number of aliphatic hydroxyl groups is 1. The van der Waals surface area contributed by atoms with Crippen molar-refractivity contribution in [2.45, 2.75) is 6.10 Å². The molecule has 0 radical (unpaired) electrons. The number of rotatable bonds is 2. The van der Waals surface area contributed by atoms with Gasteiger partial charge in [0.05, 0.1) is 0 Å². The van der Waals surface area contributed by atoms with Gasteiger partial charge in [0.15, 0.2) is 0 Å². The number of nitrogen functional groups attached to an aromatic ring is 1. The van der Waals surface area contributed by atoms with E-state index in [1.165, 1.54) is 0 Å². The van der Waals surface area contributed by atoms with Crippen molar-refractivity contribution in [3.05, 3.63) is 71.0 Å². The molecule has 1 atom stereocenters. The Bertz CT molecular complexity index is 768. The molecule has 1 heterocycles. The van der Waals surface area contributed by atoms with E-state index in [2.05, 4.69) is 4.98 Å². The van der Waals surface area contributed by atoms with Gasteiger partial charge >= 0.3 is 0 Å². The summed E-state index contributed by atoms with van der Waals surface area (Å²) in [7, 11) is 0. The third kappa shape index (κ3) is 2.22. The zero-order valence-electron chi connectivity index (χ0n) is 10.6. The van der Waals surface area contributed by atoms with Crippen LogP contribution in [0.5, 0.6) is 0 Å². The van der Waals surface area contributed by atoms with E-state index in [1.54, 1.807) is 30.6 Å². The largest absolute Gasteiger partial charge is 0.398 e. The minimum absolute atomic E-state index is 0.470. The number of anilines is 1. The molecule has 0 saturated heterocycles. The Kier molecular flexibility index (Phi) is 3.30. The maximum atomic E-state index is 10.6. The van der Waals surface area contributed by atoms with E-state index < -0.39 is 6.10 Å². The number of halogens is 1. The van der Waals surface area contributed by atoms with E-state index >= 15 is 0 Å². The molecule has 0 amide bonds. The quantitative estimate of drug-likeness (QED) is 0.708. The smallest absolute Gasteiger partial charge is 0.108 e. The monoisotopic (exact) mass is 284 g/mol. The summed E-state index contributed by atoms with van der Waals surface area (Å²) in [5.74, 6) is 0. The van der Waals surface area contributed by atoms with Gasteiger partial charge in [-0.2, -0.15) is 0 Å². The van der Waals surface area contributed by atoms with Gasteiger partial charge in [-0.3, -0.25) is 4.98 Å². The van der Waals surface area contributed by atoms with Crippen LogP contribution < -0.4 is 5.73 Å². The predicted molar refractivity (Wildman–Crippen MR) is 81.7 cm³/mol. The normalized spacial score (nSPS) is 12.5. The number of fused-ring (bicyclic) bond motifs is 1. The summed E-state index contributed by atoms with van der Waals surface area (Å²) in [6, 6.07) is 12.9. The summed E-state index contributed by atoms with van der Waals surface area (Å²) in [5, 5.41) is 13.1.